The number of hydrogen-bond acceptors (Lipinski definition) is 5. The zero-order valence-corrected chi connectivity index (χ0v) is 9.25. The summed E-state index contributed by atoms with van der Waals surface area (Å²) in [5.41, 5.74) is 5.63. The molecule has 0 spiro atoms. The fraction of sp³-hybridized carbons (Fsp3) is 0.182. The van der Waals surface area contributed by atoms with E-state index in [0.717, 1.165) is 0 Å². The molecule has 1 unspecified atom stereocenters. The molecule has 0 fully saturated rings. The molecule has 0 radical (unpaired) electrons. The van der Waals surface area contributed by atoms with E-state index in [2.05, 4.69) is 15.3 Å². The van der Waals surface area contributed by atoms with Crippen molar-refractivity contribution < 1.29 is 9.21 Å². The summed E-state index contributed by atoms with van der Waals surface area (Å²) >= 11 is 0. The molecule has 0 saturated heterocycles. The summed E-state index contributed by atoms with van der Waals surface area (Å²) in [4.78, 5) is 19.5. The molecule has 2 rings (SSSR count). The summed E-state index contributed by atoms with van der Waals surface area (Å²) in [6, 6.07) is 3.31. The second kappa shape index (κ2) is 4.65. The van der Waals surface area contributed by atoms with E-state index < -0.39 is 0 Å². The van der Waals surface area contributed by atoms with Gasteiger partial charge >= 0.3 is 0 Å². The molecule has 88 valence electrons. The van der Waals surface area contributed by atoms with Crippen molar-refractivity contribution in [2.75, 3.05) is 5.73 Å². The van der Waals surface area contributed by atoms with Gasteiger partial charge in [-0.25, -0.2) is 4.98 Å². The summed E-state index contributed by atoms with van der Waals surface area (Å²) < 4.78 is 5.18. The van der Waals surface area contributed by atoms with Gasteiger partial charge in [-0.15, -0.1) is 0 Å². The highest BCUT2D eigenvalue weighted by Crippen LogP contribution is 2.12. The van der Waals surface area contributed by atoms with Gasteiger partial charge in [0, 0.05) is 0 Å². The molecule has 1 amide bonds. The highest BCUT2D eigenvalue weighted by atomic mass is 16.3. The van der Waals surface area contributed by atoms with Crippen molar-refractivity contribution in [2.45, 2.75) is 13.0 Å². The van der Waals surface area contributed by atoms with Crippen LogP contribution in [0.1, 0.15) is 29.2 Å². The summed E-state index contributed by atoms with van der Waals surface area (Å²) in [7, 11) is 0. The van der Waals surface area contributed by atoms with Crippen LogP contribution in [-0.4, -0.2) is 15.9 Å². The number of furan rings is 1. The van der Waals surface area contributed by atoms with E-state index in [-0.39, 0.29) is 23.5 Å². The SMILES string of the molecule is CC(NC(=O)c1cncc(N)n1)c1ccco1. The lowest BCUT2D eigenvalue weighted by Gasteiger charge is -2.10. The van der Waals surface area contributed by atoms with Gasteiger partial charge in [0.2, 0.25) is 0 Å². The Labute approximate surface area is 97.9 Å². The number of nitrogens with one attached hydrogen (secondary N) is 1. The molecule has 0 aromatic carbocycles. The average Bonchev–Trinajstić information content (AvgIpc) is 2.82. The Bertz CT molecular complexity index is 510. The minimum atomic E-state index is -0.339. The van der Waals surface area contributed by atoms with Crippen molar-refractivity contribution in [1.82, 2.24) is 15.3 Å². The third-order valence-electron chi connectivity index (χ3n) is 2.20. The van der Waals surface area contributed by atoms with Gasteiger partial charge in [0.15, 0.2) is 0 Å². The average molecular weight is 232 g/mol. The number of nitrogen functional groups attached to an aromatic ring is 1. The molecule has 2 heterocycles. The fourth-order valence-electron chi connectivity index (χ4n) is 1.37. The number of carbonyl (C=O) groups is 1. The van der Waals surface area contributed by atoms with E-state index in [4.69, 9.17) is 10.2 Å². The molecule has 6 heteroatoms. The number of anilines is 1. The molecule has 0 aliphatic heterocycles. The fourth-order valence-corrected chi connectivity index (χ4v) is 1.37. The van der Waals surface area contributed by atoms with E-state index in [0.29, 0.717) is 5.76 Å². The Balaban J connectivity index is 2.07. The summed E-state index contributed by atoms with van der Waals surface area (Å²) in [5, 5.41) is 2.74. The van der Waals surface area contributed by atoms with Crippen LogP contribution in [0.15, 0.2) is 35.2 Å². The first-order valence-corrected chi connectivity index (χ1v) is 5.08. The van der Waals surface area contributed by atoms with Gasteiger partial charge in [0.25, 0.3) is 5.91 Å². The van der Waals surface area contributed by atoms with Crippen LogP contribution >= 0.6 is 0 Å². The molecular formula is C11H12N4O2. The van der Waals surface area contributed by atoms with Crippen molar-refractivity contribution in [3.8, 4) is 0 Å². The minimum Gasteiger partial charge on any atom is -0.467 e. The van der Waals surface area contributed by atoms with Crippen LogP contribution in [0.2, 0.25) is 0 Å². The van der Waals surface area contributed by atoms with E-state index in [9.17, 15) is 4.79 Å². The van der Waals surface area contributed by atoms with Crippen molar-refractivity contribution >= 4 is 11.7 Å². The van der Waals surface area contributed by atoms with Crippen molar-refractivity contribution in [3.05, 3.63) is 42.2 Å². The standard InChI is InChI=1S/C11H12N4O2/c1-7(9-3-2-4-17-9)14-11(16)8-5-13-6-10(12)15-8/h2-7H,1H3,(H2,12,15)(H,14,16). The highest BCUT2D eigenvalue weighted by Gasteiger charge is 2.14. The first-order chi connectivity index (χ1) is 8.16. The topological polar surface area (TPSA) is 94.0 Å². The summed E-state index contributed by atoms with van der Waals surface area (Å²) in [6.07, 6.45) is 4.30. The Morgan fingerprint density at radius 3 is 3.00 bits per heavy atom. The van der Waals surface area contributed by atoms with Gasteiger partial charge in [0.1, 0.15) is 17.3 Å². The number of rotatable bonds is 3. The number of nitrogens with two attached hydrogens (primary N) is 1. The second-order valence-electron chi connectivity index (χ2n) is 3.54. The lowest BCUT2D eigenvalue weighted by molar-refractivity contribution is 0.0930. The van der Waals surface area contributed by atoms with Crippen molar-refractivity contribution in [1.29, 1.82) is 0 Å². The third-order valence-corrected chi connectivity index (χ3v) is 2.20. The van der Waals surface area contributed by atoms with E-state index in [1.807, 2.05) is 6.92 Å². The van der Waals surface area contributed by atoms with E-state index in [1.54, 1.807) is 18.4 Å². The van der Waals surface area contributed by atoms with Crippen LogP contribution in [-0.2, 0) is 0 Å². The van der Waals surface area contributed by atoms with Crippen LogP contribution < -0.4 is 11.1 Å². The largest absolute Gasteiger partial charge is 0.467 e. The molecule has 0 aliphatic carbocycles. The highest BCUT2D eigenvalue weighted by molar-refractivity contribution is 5.92. The molecule has 6 nitrogen and oxygen atoms in total. The Morgan fingerprint density at radius 1 is 1.53 bits per heavy atom. The smallest absolute Gasteiger partial charge is 0.272 e. The lowest BCUT2D eigenvalue weighted by atomic mass is 10.2. The predicted octanol–water partition coefficient (Wildman–Crippen LogP) is 1.14. The maximum Gasteiger partial charge on any atom is 0.272 e. The Morgan fingerprint density at radius 2 is 2.35 bits per heavy atom. The van der Waals surface area contributed by atoms with Gasteiger partial charge in [-0.1, -0.05) is 0 Å². The van der Waals surface area contributed by atoms with E-state index >= 15 is 0 Å². The first-order valence-electron chi connectivity index (χ1n) is 5.08. The van der Waals surface area contributed by atoms with Crippen LogP contribution in [0.4, 0.5) is 5.82 Å². The lowest BCUT2D eigenvalue weighted by Crippen LogP contribution is -2.27. The zero-order chi connectivity index (χ0) is 12.3. The normalized spacial score (nSPS) is 12.1. The maximum atomic E-state index is 11.8. The van der Waals surface area contributed by atoms with Crippen LogP contribution in [0, 0.1) is 0 Å². The molecule has 1 atom stereocenters. The van der Waals surface area contributed by atoms with Gasteiger partial charge in [-0.05, 0) is 19.1 Å². The number of amides is 1. The predicted molar refractivity (Wildman–Crippen MR) is 61.0 cm³/mol. The molecular weight excluding hydrogens is 220 g/mol. The molecule has 2 aromatic heterocycles. The first kappa shape index (κ1) is 11.1. The van der Waals surface area contributed by atoms with Crippen LogP contribution in [0.5, 0.6) is 0 Å². The quantitative estimate of drug-likeness (QED) is 0.827. The van der Waals surface area contributed by atoms with Crippen LogP contribution in [0.3, 0.4) is 0 Å². The van der Waals surface area contributed by atoms with Gasteiger partial charge in [-0.2, -0.15) is 0 Å². The second-order valence-corrected chi connectivity index (χ2v) is 3.54. The number of nitrogens with zero attached hydrogens (tertiary/aromatic N) is 2. The summed E-state index contributed by atoms with van der Waals surface area (Å²) in [6.45, 7) is 1.82. The summed E-state index contributed by atoms with van der Waals surface area (Å²) in [5.74, 6) is 0.548. The zero-order valence-electron chi connectivity index (χ0n) is 9.25. The molecule has 0 aliphatic rings. The number of carbonyl (C=O) groups excluding carboxylic acids is 1. The minimum absolute atomic E-state index is 0.184. The van der Waals surface area contributed by atoms with Gasteiger partial charge in [0.05, 0.1) is 24.7 Å². The number of aromatic nitrogens is 2. The third kappa shape index (κ3) is 2.60. The van der Waals surface area contributed by atoms with Crippen LogP contribution in [0.25, 0.3) is 0 Å². The number of hydrogen-bond donors (Lipinski definition) is 2. The molecule has 2 aromatic rings. The molecule has 17 heavy (non-hydrogen) atoms. The van der Waals surface area contributed by atoms with E-state index in [1.165, 1.54) is 12.4 Å². The monoisotopic (exact) mass is 232 g/mol. The molecule has 3 N–H and O–H groups in total. The van der Waals surface area contributed by atoms with Crippen molar-refractivity contribution in [2.24, 2.45) is 0 Å². The van der Waals surface area contributed by atoms with Crippen molar-refractivity contribution in [3.63, 3.8) is 0 Å². The Hall–Kier alpha value is -2.37. The van der Waals surface area contributed by atoms with Gasteiger partial charge in [-0.3, -0.25) is 9.78 Å². The molecule has 0 saturated carbocycles. The maximum absolute atomic E-state index is 11.8. The van der Waals surface area contributed by atoms with Gasteiger partial charge < -0.3 is 15.5 Å². The molecule has 0 bridgehead atoms. The Kier molecular flexibility index (Phi) is 3.04.